The van der Waals surface area contributed by atoms with E-state index in [0.29, 0.717) is 30.6 Å². The molecule has 1 fully saturated rings. The molecule has 0 bridgehead atoms. The van der Waals surface area contributed by atoms with Crippen molar-refractivity contribution in [3.05, 3.63) is 23.8 Å². The Hall–Kier alpha value is -1.26. The van der Waals surface area contributed by atoms with E-state index in [9.17, 15) is 5.11 Å². The van der Waals surface area contributed by atoms with E-state index in [1.54, 1.807) is 0 Å². The summed E-state index contributed by atoms with van der Waals surface area (Å²) >= 11 is 0. The molecule has 1 aromatic rings. The molecule has 3 atom stereocenters. The SMILES string of the molecule is CCOc1ccc(C(O)C2OCCC2C)cc1OCC. The molecule has 1 aliphatic heterocycles. The molecule has 1 heterocycles. The lowest BCUT2D eigenvalue weighted by atomic mass is 9.94. The van der Waals surface area contributed by atoms with Crippen LogP contribution in [0.5, 0.6) is 11.5 Å². The minimum Gasteiger partial charge on any atom is -0.490 e. The van der Waals surface area contributed by atoms with Crippen molar-refractivity contribution in [1.82, 2.24) is 0 Å². The molecule has 0 saturated carbocycles. The van der Waals surface area contributed by atoms with Gasteiger partial charge in [-0.3, -0.25) is 0 Å². The van der Waals surface area contributed by atoms with Crippen LogP contribution in [0.1, 0.15) is 38.9 Å². The van der Waals surface area contributed by atoms with Gasteiger partial charge in [-0.25, -0.2) is 0 Å². The van der Waals surface area contributed by atoms with Crippen molar-refractivity contribution in [3.63, 3.8) is 0 Å². The van der Waals surface area contributed by atoms with Crippen LogP contribution in [0.2, 0.25) is 0 Å². The number of aliphatic hydroxyl groups excluding tert-OH is 1. The summed E-state index contributed by atoms with van der Waals surface area (Å²) in [6, 6.07) is 5.59. The standard InChI is InChI=1S/C16H24O4/c1-4-18-13-7-6-12(10-14(13)19-5-2)15(17)16-11(3)8-9-20-16/h6-7,10-11,15-17H,4-5,8-9H2,1-3H3. The van der Waals surface area contributed by atoms with E-state index >= 15 is 0 Å². The van der Waals surface area contributed by atoms with Crippen LogP contribution in [0.4, 0.5) is 0 Å². The second-order valence-corrected chi connectivity index (χ2v) is 5.12. The maximum Gasteiger partial charge on any atom is 0.161 e. The summed E-state index contributed by atoms with van der Waals surface area (Å²) in [5, 5.41) is 10.5. The van der Waals surface area contributed by atoms with Crippen LogP contribution in [0, 0.1) is 5.92 Å². The summed E-state index contributed by atoms with van der Waals surface area (Å²) in [5.41, 5.74) is 0.815. The highest BCUT2D eigenvalue weighted by molar-refractivity contribution is 5.44. The molecule has 0 aromatic heterocycles. The summed E-state index contributed by atoms with van der Waals surface area (Å²) in [5.74, 6) is 1.76. The second-order valence-electron chi connectivity index (χ2n) is 5.12. The molecule has 1 saturated heterocycles. The molecular formula is C16H24O4. The number of rotatable bonds is 6. The molecule has 0 spiro atoms. The zero-order valence-electron chi connectivity index (χ0n) is 12.5. The summed E-state index contributed by atoms with van der Waals surface area (Å²) in [6.45, 7) is 7.85. The number of hydrogen-bond donors (Lipinski definition) is 1. The summed E-state index contributed by atoms with van der Waals surface area (Å²) < 4.78 is 16.8. The number of benzene rings is 1. The zero-order chi connectivity index (χ0) is 14.5. The van der Waals surface area contributed by atoms with Crippen LogP contribution in [0.25, 0.3) is 0 Å². The van der Waals surface area contributed by atoms with Crippen LogP contribution >= 0.6 is 0 Å². The predicted molar refractivity (Wildman–Crippen MR) is 77.3 cm³/mol. The fraction of sp³-hybridized carbons (Fsp3) is 0.625. The molecule has 20 heavy (non-hydrogen) atoms. The Morgan fingerprint density at radius 2 is 1.95 bits per heavy atom. The monoisotopic (exact) mass is 280 g/mol. The van der Waals surface area contributed by atoms with Gasteiger partial charge >= 0.3 is 0 Å². The molecule has 1 N–H and O–H groups in total. The Morgan fingerprint density at radius 1 is 1.25 bits per heavy atom. The van der Waals surface area contributed by atoms with Gasteiger partial charge in [-0.05, 0) is 43.9 Å². The molecule has 1 aromatic carbocycles. The Bertz CT molecular complexity index is 432. The normalized spacial score (nSPS) is 23.6. The highest BCUT2D eigenvalue weighted by Gasteiger charge is 2.32. The van der Waals surface area contributed by atoms with Gasteiger partial charge in [-0.2, -0.15) is 0 Å². The molecule has 112 valence electrons. The van der Waals surface area contributed by atoms with Gasteiger partial charge in [0.2, 0.25) is 0 Å². The summed E-state index contributed by atoms with van der Waals surface area (Å²) in [7, 11) is 0. The van der Waals surface area contributed by atoms with Crippen molar-refractivity contribution < 1.29 is 19.3 Å². The first-order chi connectivity index (χ1) is 9.67. The minimum atomic E-state index is -0.623. The Morgan fingerprint density at radius 3 is 2.55 bits per heavy atom. The van der Waals surface area contributed by atoms with Crippen LogP contribution < -0.4 is 9.47 Å². The minimum absolute atomic E-state index is 0.137. The topological polar surface area (TPSA) is 47.9 Å². The van der Waals surface area contributed by atoms with E-state index in [4.69, 9.17) is 14.2 Å². The molecular weight excluding hydrogens is 256 g/mol. The number of ether oxygens (including phenoxy) is 3. The van der Waals surface area contributed by atoms with E-state index in [-0.39, 0.29) is 6.10 Å². The molecule has 4 heteroatoms. The highest BCUT2D eigenvalue weighted by Crippen LogP contribution is 2.35. The average molecular weight is 280 g/mol. The van der Waals surface area contributed by atoms with Crippen LogP contribution in [-0.2, 0) is 4.74 Å². The van der Waals surface area contributed by atoms with E-state index in [0.717, 1.165) is 18.6 Å². The molecule has 0 aliphatic carbocycles. The van der Waals surface area contributed by atoms with Crippen LogP contribution in [0.15, 0.2) is 18.2 Å². The molecule has 3 unspecified atom stereocenters. The van der Waals surface area contributed by atoms with E-state index in [1.165, 1.54) is 0 Å². The van der Waals surface area contributed by atoms with Crippen LogP contribution in [0.3, 0.4) is 0 Å². The van der Waals surface area contributed by atoms with Gasteiger partial charge in [0.15, 0.2) is 11.5 Å². The first-order valence-corrected chi connectivity index (χ1v) is 7.36. The van der Waals surface area contributed by atoms with Crippen molar-refractivity contribution in [2.45, 2.75) is 39.4 Å². The van der Waals surface area contributed by atoms with Gasteiger partial charge in [0.05, 0.1) is 19.3 Å². The maximum atomic E-state index is 10.5. The van der Waals surface area contributed by atoms with Gasteiger partial charge in [-0.1, -0.05) is 13.0 Å². The largest absolute Gasteiger partial charge is 0.490 e. The van der Waals surface area contributed by atoms with Crippen molar-refractivity contribution in [2.24, 2.45) is 5.92 Å². The molecule has 4 nitrogen and oxygen atoms in total. The van der Waals surface area contributed by atoms with Gasteiger partial charge < -0.3 is 19.3 Å². The molecule has 0 amide bonds. The van der Waals surface area contributed by atoms with E-state index in [1.807, 2.05) is 32.0 Å². The van der Waals surface area contributed by atoms with Gasteiger partial charge in [0, 0.05) is 6.61 Å². The molecule has 1 aliphatic rings. The fourth-order valence-corrected chi connectivity index (χ4v) is 2.56. The third-order valence-electron chi connectivity index (χ3n) is 3.66. The highest BCUT2D eigenvalue weighted by atomic mass is 16.5. The lowest BCUT2D eigenvalue weighted by molar-refractivity contribution is -0.0179. The zero-order valence-corrected chi connectivity index (χ0v) is 12.5. The van der Waals surface area contributed by atoms with Gasteiger partial charge in [0.1, 0.15) is 6.10 Å². The van der Waals surface area contributed by atoms with Crippen LogP contribution in [-0.4, -0.2) is 31.0 Å². The first kappa shape index (κ1) is 15.1. The number of aliphatic hydroxyl groups is 1. The van der Waals surface area contributed by atoms with Crippen molar-refractivity contribution in [3.8, 4) is 11.5 Å². The van der Waals surface area contributed by atoms with Gasteiger partial charge in [-0.15, -0.1) is 0 Å². The van der Waals surface area contributed by atoms with E-state index < -0.39 is 6.10 Å². The Labute approximate surface area is 120 Å². The van der Waals surface area contributed by atoms with Crippen molar-refractivity contribution in [2.75, 3.05) is 19.8 Å². The summed E-state index contributed by atoms with van der Waals surface area (Å²) in [6.07, 6.45) is 0.238. The Kier molecular flexibility index (Phi) is 5.26. The van der Waals surface area contributed by atoms with Crippen molar-refractivity contribution in [1.29, 1.82) is 0 Å². The third-order valence-corrected chi connectivity index (χ3v) is 3.66. The predicted octanol–water partition coefficient (Wildman–Crippen LogP) is 2.94. The van der Waals surface area contributed by atoms with Crippen molar-refractivity contribution >= 4 is 0 Å². The smallest absolute Gasteiger partial charge is 0.161 e. The quantitative estimate of drug-likeness (QED) is 0.870. The Balaban J connectivity index is 2.20. The molecule has 0 radical (unpaired) electrons. The average Bonchev–Trinajstić information content (AvgIpc) is 2.86. The number of hydrogen-bond acceptors (Lipinski definition) is 4. The second kappa shape index (κ2) is 6.95. The lowest BCUT2D eigenvalue weighted by Gasteiger charge is -2.22. The lowest BCUT2D eigenvalue weighted by Crippen LogP contribution is -2.23. The molecule has 2 rings (SSSR count). The summed E-state index contributed by atoms with van der Waals surface area (Å²) in [4.78, 5) is 0. The van der Waals surface area contributed by atoms with E-state index in [2.05, 4.69) is 6.92 Å². The third kappa shape index (κ3) is 3.25. The fourth-order valence-electron chi connectivity index (χ4n) is 2.56. The first-order valence-electron chi connectivity index (χ1n) is 7.36. The maximum absolute atomic E-state index is 10.5. The van der Waals surface area contributed by atoms with Gasteiger partial charge in [0.25, 0.3) is 0 Å².